The smallest absolute Gasteiger partial charge is 0.336 e. The van der Waals surface area contributed by atoms with E-state index in [1.807, 2.05) is 6.92 Å². The average molecular weight is 330 g/mol. The highest BCUT2D eigenvalue weighted by atomic mass is 79.9. The number of hydrogen-bond acceptors (Lipinski definition) is 3. The standard InChI is InChI=1S/C13H16BrNO4/c1-2-3-6-15-12(16)8-19-9-4-5-11(14)10(7-9)13(17)18/h4-5,7H,2-3,6,8H2,1H3,(H,15,16)(H,17,18). The molecule has 5 nitrogen and oxygen atoms in total. The topological polar surface area (TPSA) is 75.6 Å². The third kappa shape index (κ3) is 5.30. The highest BCUT2D eigenvalue weighted by Crippen LogP contribution is 2.22. The van der Waals surface area contributed by atoms with E-state index in [0.717, 1.165) is 12.8 Å². The van der Waals surface area contributed by atoms with Crippen LogP contribution in [0.25, 0.3) is 0 Å². The summed E-state index contributed by atoms with van der Waals surface area (Å²) in [6.07, 6.45) is 1.93. The van der Waals surface area contributed by atoms with Crippen molar-refractivity contribution in [2.45, 2.75) is 19.8 Å². The van der Waals surface area contributed by atoms with Gasteiger partial charge in [0.25, 0.3) is 5.91 Å². The van der Waals surface area contributed by atoms with Gasteiger partial charge in [0.1, 0.15) is 5.75 Å². The Morgan fingerprint density at radius 1 is 1.42 bits per heavy atom. The van der Waals surface area contributed by atoms with Crippen LogP contribution in [0.1, 0.15) is 30.1 Å². The third-order valence-electron chi connectivity index (χ3n) is 2.39. The molecule has 0 bridgehead atoms. The van der Waals surface area contributed by atoms with Gasteiger partial charge in [-0.1, -0.05) is 13.3 Å². The van der Waals surface area contributed by atoms with Crippen molar-refractivity contribution in [2.24, 2.45) is 0 Å². The van der Waals surface area contributed by atoms with Crippen LogP contribution in [0.3, 0.4) is 0 Å². The zero-order valence-corrected chi connectivity index (χ0v) is 12.2. The molecular weight excluding hydrogens is 314 g/mol. The summed E-state index contributed by atoms with van der Waals surface area (Å²) in [4.78, 5) is 22.3. The SMILES string of the molecule is CCCCNC(=O)COc1ccc(Br)c(C(=O)O)c1. The lowest BCUT2D eigenvalue weighted by molar-refractivity contribution is -0.123. The minimum Gasteiger partial charge on any atom is -0.484 e. The van der Waals surface area contributed by atoms with Crippen LogP contribution in [0.4, 0.5) is 0 Å². The summed E-state index contributed by atoms with van der Waals surface area (Å²) in [7, 11) is 0. The first kappa shape index (κ1) is 15.5. The molecule has 0 radical (unpaired) electrons. The van der Waals surface area contributed by atoms with Crippen LogP contribution in [0.2, 0.25) is 0 Å². The van der Waals surface area contributed by atoms with Crippen molar-refractivity contribution in [3.8, 4) is 5.75 Å². The summed E-state index contributed by atoms with van der Waals surface area (Å²) in [5.41, 5.74) is 0.101. The van der Waals surface area contributed by atoms with E-state index in [1.54, 1.807) is 12.1 Å². The molecule has 0 spiro atoms. The number of benzene rings is 1. The van der Waals surface area contributed by atoms with Crippen LogP contribution >= 0.6 is 15.9 Å². The second kappa shape index (κ2) is 7.78. The molecular formula is C13H16BrNO4. The minimum absolute atomic E-state index is 0.101. The van der Waals surface area contributed by atoms with Crippen molar-refractivity contribution < 1.29 is 19.4 Å². The average Bonchev–Trinajstić information content (AvgIpc) is 2.37. The van der Waals surface area contributed by atoms with Crippen LogP contribution in [0.5, 0.6) is 5.75 Å². The molecule has 0 aliphatic carbocycles. The molecule has 1 aromatic carbocycles. The van der Waals surface area contributed by atoms with Gasteiger partial charge < -0.3 is 15.2 Å². The van der Waals surface area contributed by atoms with E-state index in [9.17, 15) is 9.59 Å². The van der Waals surface area contributed by atoms with Gasteiger partial charge in [-0.05, 0) is 40.5 Å². The Kier molecular flexibility index (Phi) is 6.35. The molecule has 0 aliphatic heterocycles. The number of carboxylic acid groups (broad SMARTS) is 1. The normalized spacial score (nSPS) is 10.0. The molecule has 2 N–H and O–H groups in total. The van der Waals surface area contributed by atoms with Crippen LogP contribution in [-0.2, 0) is 4.79 Å². The maximum Gasteiger partial charge on any atom is 0.336 e. The zero-order valence-electron chi connectivity index (χ0n) is 10.6. The first-order valence-electron chi connectivity index (χ1n) is 5.97. The molecule has 1 amide bonds. The number of carbonyl (C=O) groups is 2. The van der Waals surface area contributed by atoms with Gasteiger partial charge in [0.15, 0.2) is 6.61 Å². The summed E-state index contributed by atoms with van der Waals surface area (Å²) in [6.45, 7) is 2.54. The largest absolute Gasteiger partial charge is 0.484 e. The fourth-order valence-corrected chi connectivity index (χ4v) is 1.78. The molecule has 0 saturated carbocycles. The Balaban J connectivity index is 2.51. The number of carboxylic acids is 1. The van der Waals surface area contributed by atoms with Crippen molar-refractivity contribution >= 4 is 27.8 Å². The van der Waals surface area contributed by atoms with Crippen LogP contribution in [-0.4, -0.2) is 30.1 Å². The Bertz CT molecular complexity index is 462. The number of rotatable bonds is 7. The summed E-state index contributed by atoms with van der Waals surface area (Å²) in [5, 5.41) is 11.7. The van der Waals surface area contributed by atoms with Gasteiger partial charge in [-0.2, -0.15) is 0 Å². The number of amides is 1. The summed E-state index contributed by atoms with van der Waals surface area (Å²) < 4.78 is 5.72. The highest BCUT2D eigenvalue weighted by Gasteiger charge is 2.10. The minimum atomic E-state index is -1.05. The van der Waals surface area contributed by atoms with Crippen LogP contribution in [0.15, 0.2) is 22.7 Å². The van der Waals surface area contributed by atoms with Gasteiger partial charge in [0, 0.05) is 11.0 Å². The van der Waals surface area contributed by atoms with Gasteiger partial charge in [0.2, 0.25) is 0 Å². The van der Waals surface area contributed by atoms with E-state index in [0.29, 0.717) is 16.8 Å². The quantitative estimate of drug-likeness (QED) is 0.753. The lowest BCUT2D eigenvalue weighted by atomic mass is 10.2. The highest BCUT2D eigenvalue weighted by molar-refractivity contribution is 9.10. The lowest BCUT2D eigenvalue weighted by Gasteiger charge is -2.08. The Morgan fingerprint density at radius 2 is 2.16 bits per heavy atom. The molecule has 1 rings (SSSR count). The number of unbranched alkanes of at least 4 members (excludes halogenated alkanes) is 1. The van der Waals surface area contributed by atoms with Crippen LogP contribution < -0.4 is 10.1 Å². The van der Waals surface area contributed by atoms with Crippen LogP contribution in [0, 0.1) is 0 Å². The van der Waals surface area contributed by atoms with Gasteiger partial charge in [0.05, 0.1) is 5.56 Å². The van der Waals surface area contributed by atoms with Gasteiger partial charge in [-0.15, -0.1) is 0 Å². The number of carbonyl (C=O) groups excluding carboxylic acids is 1. The van der Waals surface area contributed by atoms with Gasteiger partial charge in [-0.3, -0.25) is 4.79 Å². The first-order valence-corrected chi connectivity index (χ1v) is 6.76. The maximum absolute atomic E-state index is 11.4. The lowest BCUT2D eigenvalue weighted by Crippen LogP contribution is -2.29. The molecule has 0 aliphatic rings. The summed E-state index contributed by atoms with van der Waals surface area (Å²) in [5.74, 6) is -0.913. The van der Waals surface area contributed by atoms with E-state index in [-0.39, 0.29) is 18.1 Å². The van der Waals surface area contributed by atoms with Crippen molar-refractivity contribution in [1.29, 1.82) is 0 Å². The van der Waals surface area contributed by atoms with Gasteiger partial charge in [-0.25, -0.2) is 4.79 Å². The number of aromatic carboxylic acids is 1. The fourth-order valence-electron chi connectivity index (χ4n) is 1.36. The van der Waals surface area contributed by atoms with E-state index < -0.39 is 5.97 Å². The molecule has 6 heteroatoms. The second-order valence-electron chi connectivity index (χ2n) is 3.94. The number of ether oxygens (including phenoxy) is 1. The second-order valence-corrected chi connectivity index (χ2v) is 4.79. The van der Waals surface area contributed by atoms with E-state index in [4.69, 9.17) is 9.84 Å². The van der Waals surface area contributed by atoms with Crippen molar-refractivity contribution in [3.63, 3.8) is 0 Å². The summed E-state index contributed by atoms with van der Waals surface area (Å²) >= 11 is 3.14. The Labute approximate surface area is 120 Å². The van der Waals surface area contributed by atoms with Crippen molar-refractivity contribution in [2.75, 3.05) is 13.2 Å². The molecule has 0 saturated heterocycles. The molecule has 0 heterocycles. The Hall–Kier alpha value is -1.56. The predicted octanol–water partition coefficient (Wildman–Crippen LogP) is 2.44. The fraction of sp³-hybridized carbons (Fsp3) is 0.385. The Morgan fingerprint density at radius 3 is 2.79 bits per heavy atom. The molecule has 104 valence electrons. The molecule has 0 fully saturated rings. The molecule has 0 unspecified atom stereocenters. The van der Waals surface area contributed by atoms with E-state index >= 15 is 0 Å². The molecule has 1 aromatic rings. The number of nitrogens with one attached hydrogen (secondary N) is 1. The third-order valence-corrected chi connectivity index (χ3v) is 3.08. The molecule has 19 heavy (non-hydrogen) atoms. The number of hydrogen-bond donors (Lipinski definition) is 2. The molecule has 0 atom stereocenters. The predicted molar refractivity (Wildman–Crippen MR) is 74.5 cm³/mol. The van der Waals surface area contributed by atoms with E-state index in [1.165, 1.54) is 6.07 Å². The maximum atomic E-state index is 11.4. The zero-order chi connectivity index (χ0) is 14.3. The number of halogens is 1. The van der Waals surface area contributed by atoms with E-state index in [2.05, 4.69) is 21.2 Å². The monoisotopic (exact) mass is 329 g/mol. The van der Waals surface area contributed by atoms with Crippen molar-refractivity contribution in [3.05, 3.63) is 28.2 Å². The van der Waals surface area contributed by atoms with Crippen molar-refractivity contribution in [1.82, 2.24) is 5.32 Å². The summed E-state index contributed by atoms with van der Waals surface area (Å²) in [6, 6.07) is 4.56. The molecule has 0 aromatic heterocycles. The first-order chi connectivity index (χ1) is 9.04. The van der Waals surface area contributed by atoms with Gasteiger partial charge >= 0.3 is 5.97 Å².